The van der Waals surface area contributed by atoms with E-state index in [9.17, 15) is 0 Å². The summed E-state index contributed by atoms with van der Waals surface area (Å²) < 4.78 is 0.967. The number of halogens is 1. The lowest BCUT2D eigenvalue weighted by Crippen LogP contribution is -2.06. The molecule has 2 aromatic rings. The van der Waals surface area contributed by atoms with E-state index < -0.39 is 0 Å². The van der Waals surface area contributed by atoms with Gasteiger partial charge in [-0.25, -0.2) is 9.97 Å². The molecule has 0 spiro atoms. The van der Waals surface area contributed by atoms with Crippen LogP contribution in [0.25, 0.3) is 11.4 Å². The Labute approximate surface area is 119 Å². The van der Waals surface area contributed by atoms with Crippen molar-refractivity contribution in [1.29, 1.82) is 0 Å². The second-order valence-electron chi connectivity index (χ2n) is 4.25. The molecule has 0 aromatic carbocycles. The van der Waals surface area contributed by atoms with Gasteiger partial charge in [0.25, 0.3) is 0 Å². The Hall–Kier alpha value is -0.690. The number of hydrogen-bond donors (Lipinski definition) is 1. The highest BCUT2D eigenvalue weighted by Gasteiger charge is 2.15. The van der Waals surface area contributed by atoms with Gasteiger partial charge >= 0.3 is 0 Å². The van der Waals surface area contributed by atoms with Crippen LogP contribution in [0.2, 0.25) is 0 Å². The standard InChI is InChI=1S/C12H14IN3S/c1-6(2)10-9(13)11(14)16-12(15-10)8-5-17-4-7(8)3/h4-6H,1-3H3,(H2,14,15,16). The van der Waals surface area contributed by atoms with Crippen LogP contribution in [-0.2, 0) is 0 Å². The van der Waals surface area contributed by atoms with Crippen LogP contribution >= 0.6 is 33.9 Å². The topological polar surface area (TPSA) is 51.8 Å². The molecule has 0 atom stereocenters. The Morgan fingerprint density at radius 2 is 2.00 bits per heavy atom. The van der Waals surface area contributed by atoms with Gasteiger partial charge in [0.05, 0.1) is 9.26 Å². The molecule has 0 bridgehead atoms. The van der Waals surface area contributed by atoms with Crippen molar-refractivity contribution in [3.8, 4) is 11.4 Å². The maximum absolute atomic E-state index is 5.96. The van der Waals surface area contributed by atoms with Gasteiger partial charge in [-0.15, -0.1) is 0 Å². The molecule has 90 valence electrons. The molecule has 0 saturated heterocycles. The molecule has 3 nitrogen and oxygen atoms in total. The molecular formula is C12H14IN3S. The number of rotatable bonds is 2. The van der Waals surface area contributed by atoms with Crippen LogP contribution in [0.5, 0.6) is 0 Å². The highest BCUT2D eigenvalue weighted by Crippen LogP contribution is 2.29. The SMILES string of the molecule is Cc1cscc1-c1nc(N)c(I)c(C(C)C)n1. The second kappa shape index (κ2) is 4.89. The monoisotopic (exact) mass is 359 g/mol. The number of nitrogens with two attached hydrogens (primary N) is 1. The Kier molecular flexibility index (Phi) is 3.67. The summed E-state index contributed by atoms with van der Waals surface area (Å²) in [4.78, 5) is 9.03. The van der Waals surface area contributed by atoms with E-state index >= 15 is 0 Å². The van der Waals surface area contributed by atoms with Crippen molar-refractivity contribution in [2.24, 2.45) is 0 Å². The number of nitrogens with zero attached hydrogens (tertiary/aromatic N) is 2. The smallest absolute Gasteiger partial charge is 0.162 e. The minimum atomic E-state index is 0.352. The third-order valence-corrected chi connectivity index (χ3v) is 4.51. The fourth-order valence-corrected chi connectivity index (χ4v) is 3.27. The van der Waals surface area contributed by atoms with Gasteiger partial charge in [0.1, 0.15) is 5.82 Å². The predicted octanol–water partition coefficient (Wildman–Crippen LogP) is 3.82. The summed E-state index contributed by atoms with van der Waals surface area (Å²) in [6.07, 6.45) is 0. The zero-order valence-electron chi connectivity index (χ0n) is 9.99. The van der Waals surface area contributed by atoms with Crippen LogP contribution in [0.1, 0.15) is 31.0 Å². The van der Waals surface area contributed by atoms with Crippen molar-refractivity contribution in [3.63, 3.8) is 0 Å². The molecule has 0 unspecified atom stereocenters. The van der Waals surface area contributed by atoms with E-state index in [1.807, 2.05) is 0 Å². The average Bonchev–Trinajstić information content (AvgIpc) is 2.68. The fourth-order valence-electron chi connectivity index (χ4n) is 1.58. The van der Waals surface area contributed by atoms with Crippen molar-refractivity contribution in [1.82, 2.24) is 9.97 Å². The molecule has 17 heavy (non-hydrogen) atoms. The minimum Gasteiger partial charge on any atom is -0.383 e. The Morgan fingerprint density at radius 1 is 1.29 bits per heavy atom. The highest BCUT2D eigenvalue weighted by atomic mass is 127. The third kappa shape index (κ3) is 2.44. The molecule has 2 N–H and O–H groups in total. The van der Waals surface area contributed by atoms with Gasteiger partial charge in [-0.1, -0.05) is 13.8 Å². The number of anilines is 1. The molecule has 0 aliphatic rings. The van der Waals surface area contributed by atoms with Gasteiger partial charge in [0, 0.05) is 10.9 Å². The molecular weight excluding hydrogens is 345 g/mol. The lowest BCUT2D eigenvalue weighted by Gasteiger charge is -2.11. The lowest BCUT2D eigenvalue weighted by atomic mass is 10.1. The first-order valence-electron chi connectivity index (χ1n) is 5.36. The molecule has 5 heteroatoms. The first-order chi connectivity index (χ1) is 8.00. The molecule has 0 radical (unpaired) electrons. The normalized spacial score (nSPS) is 11.1. The van der Waals surface area contributed by atoms with Crippen LogP contribution in [0, 0.1) is 10.5 Å². The number of hydrogen-bond acceptors (Lipinski definition) is 4. The lowest BCUT2D eigenvalue weighted by molar-refractivity contribution is 0.810. The maximum atomic E-state index is 5.96. The Bertz CT molecular complexity index is 549. The van der Waals surface area contributed by atoms with Gasteiger partial charge in [-0.05, 0) is 46.4 Å². The van der Waals surface area contributed by atoms with Gasteiger partial charge in [-0.3, -0.25) is 0 Å². The van der Waals surface area contributed by atoms with Gasteiger partial charge in [-0.2, -0.15) is 11.3 Å². The Balaban J connectivity index is 2.61. The number of thiophene rings is 1. The van der Waals surface area contributed by atoms with Crippen molar-refractivity contribution in [3.05, 3.63) is 25.6 Å². The molecule has 0 saturated carbocycles. The van der Waals surface area contributed by atoms with E-state index in [-0.39, 0.29) is 0 Å². The summed E-state index contributed by atoms with van der Waals surface area (Å²) in [6, 6.07) is 0. The van der Waals surface area contributed by atoms with Crippen molar-refractivity contribution < 1.29 is 0 Å². The van der Waals surface area contributed by atoms with Gasteiger partial charge < -0.3 is 5.73 Å². The molecule has 2 rings (SSSR count). The summed E-state index contributed by atoms with van der Waals surface area (Å²) in [5.74, 6) is 1.67. The van der Waals surface area contributed by atoms with E-state index in [2.05, 4.69) is 64.1 Å². The average molecular weight is 359 g/mol. The Morgan fingerprint density at radius 3 is 2.53 bits per heavy atom. The summed E-state index contributed by atoms with van der Waals surface area (Å²) in [5, 5.41) is 4.17. The number of aromatic nitrogens is 2. The predicted molar refractivity (Wildman–Crippen MR) is 81.3 cm³/mol. The zero-order chi connectivity index (χ0) is 12.6. The van der Waals surface area contributed by atoms with Crippen LogP contribution in [0.4, 0.5) is 5.82 Å². The van der Waals surface area contributed by atoms with Crippen LogP contribution in [0.15, 0.2) is 10.8 Å². The summed E-state index contributed by atoms with van der Waals surface area (Å²) in [7, 11) is 0. The van der Waals surface area contributed by atoms with Gasteiger partial charge in [0.2, 0.25) is 0 Å². The van der Waals surface area contributed by atoms with E-state index in [1.54, 1.807) is 11.3 Å². The van der Waals surface area contributed by atoms with E-state index in [1.165, 1.54) is 5.56 Å². The number of nitrogen functional groups attached to an aromatic ring is 1. The number of aryl methyl sites for hydroxylation is 1. The molecule has 2 heterocycles. The molecule has 2 aromatic heterocycles. The quantitative estimate of drug-likeness (QED) is 0.830. The molecule has 0 aliphatic carbocycles. The van der Waals surface area contributed by atoms with E-state index in [4.69, 9.17) is 5.73 Å². The first-order valence-corrected chi connectivity index (χ1v) is 7.39. The van der Waals surface area contributed by atoms with Crippen molar-refractivity contribution in [2.75, 3.05) is 5.73 Å². The fraction of sp³-hybridized carbons (Fsp3) is 0.333. The highest BCUT2D eigenvalue weighted by molar-refractivity contribution is 14.1. The minimum absolute atomic E-state index is 0.352. The van der Waals surface area contributed by atoms with Crippen LogP contribution in [-0.4, -0.2) is 9.97 Å². The largest absolute Gasteiger partial charge is 0.383 e. The van der Waals surface area contributed by atoms with Crippen molar-refractivity contribution >= 4 is 39.7 Å². The third-order valence-electron chi connectivity index (χ3n) is 2.55. The van der Waals surface area contributed by atoms with Crippen molar-refractivity contribution in [2.45, 2.75) is 26.7 Å². The zero-order valence-corrected chi connectivity index (χ0v) is 13.0. The summed E-state index contributed by atoms with van der Waals surface area (Å²) >= 11 is 3.88. The van der Waals surface area contributed by atoms with Crippen LogP contribution in [0.3, 0.4) is 0 Å². The first kappa shape index (κ1) is 12.8. The molecule has 0 fully saturated rings. The summed E-state index contributed by atoms with van der Waals surface area (Å²) in [6.45, 7) is 6.31. The second-order valence-corrected chi connectivity index (χ2v) is 6.08. The van der Waals surface area contributed by atoms with Crippen LogP contribution < -0.4 is 5.73 Å². The molecule has 0 amide bonds. The summed E-state index contributed by atoms with van der Waals surface area (Å²) in [5.41, 5.74) is 9.27. The van der Waals surface area contributed by atoms with E-state index in [0.29, 0.717) is 11.7 Å². The van der Waals surface area contributed by atoms with Gasteiger partial charge in [0.15, 0.2) is 5.82 Å². The molecule has 0 aliphatic heterocycles. The van der Waals surface area contributed by atoms with E-state index in [0.717, 1.165) is 20.7 Å². The maximum Gasteiger partial charge on any atom is 0.162 e.